The molecule has 1 amide bonds. The van der Waals surface area contributed by atoms with E-state index in [1.165, 1.54) is 11.3 Å². The molecule has 0 unspecified atom stereocenters. The lowest BCUT2D eigenvalue weighted by atomic mass is 10.2. The predicted octanol–water partition coefficient (Wildman–Crippen LogP) is 3.00. The van der Waals surface area contributed by atoms with Gasteiger partial charge in [-0.1, -0.05) is 11.8 Å². The number of thiophene rings is 1. The molecule has 6 heteroatoms. The van der Waals surface area contributed by atoms with Crippen LogP contribution >= 0.6 is 22.9 Å². The van der Waals surface area contributed by atoms with Crippen LogP contribution in [0.15, 0.2) is 28.0 Å². The quantitative estimate of drug-likeness (QED) is 0.880. The molecule has 0 aromatic carbocycles. The van der Waals surface area contributed by atoms with E-state index in [1.807, 2.05) is 11.4 Å². The van der Waals surface area contributed by atoms with Crippen LogP contribution < -0.4 is 0 Å². The van der Waals surface area contributed by atoms with Crippen LogP contribution in [0.1, 0.15) is 27.4 Å². The Morgan fingerprint density at radius 3 is 3.00 bits per heavy atom. The van der Waals surface area contributed by atoms with Crippen molar-refractivity contribution in [3.05, 3.63) is 45.0 Å². The number of carbonyl (C=O) groups excluding carboxylic acids is 1. The van der Waals surface area contributed by atoms with Gasteiger partial charge in [0.1, 0.15) is 0 Å². The number of carbonyl (C=O) groups is 1. The fourth-order valence-corrected chi connectivity index (χ4v) is 2.61. The van der Waals surface area contributed by atoms with Gasteiger partial charge in [0.05, 0.1) is 11.5 Å². The van der Waals surface area contributed by atoms with Gasteiger partial charge in [-0.25, -0.2) is 0 Å². The zero-order valence-corrected chi connectivity index (χ0v) is 13.0. The highest BCUT2D eigenvalue weighted by Crippen LogP contribution is 2.18. The van der Waals surface area contributed by atoms with Gasteiger partial charge in [-0.3, -0.25) is 4.79 Å². The van der Waals surface area contributed by atoms with Crippen LogP contribution in [0.3, 0.4) is 0 Å². The molecule has 21 heavy (non-hydrogen) atoms. The molecule has 2 aromatic rings. The van der Waals surface area contributed by atoms with Gasteiger partial charge in [0, 0.05) is 20.0 Å². The lowest BCUT2D eigenvalue weighted by Gasteiger charge is -2.14. The molecule has 0 radical (unpaired) electrons. The number of furan rings is 1. The largest absolute Gasteiger partial charge is 0.440 e. The summed E-state index contributed by atoms with van der Waals surface area (Å²) >= 11 is 7.18. The van der Waals surface area contributed by atoms with E-state index < -0.39 is 0 Å². The maximum atomic E-state index is 12.1. The molecule has 0 atom stereocenters. The Kier molecular flexibility index (Phi) is 5.45. The summed E-state index contributed by atoms with van der Waals surface area (Å²) in [7, 11) is 1.70. The summed E-state index contributed by atoms with van der Waals surface area (Å²) in [6, 6.07) is 5.04. The Hall–Kier alpha value is -1.74. The molecule has 0 bridgehead atoms. The molecule has 2 aromatic heterocycles. The number of hydrogen-bond acceptors (Lipinski definition) is 4. The van der Waals surface area contributed by atoms with Crippen molar-refractivity contribution >= 4 is 28.8 Å². The molecule has 110 valence electrons. The SMILES string of the molecule is CN(Cc1csc(C#CCCO)c1)C(=O)c1ccc(Cl)o1. The number of aliphatic hydroxyl groups is 1. The monoisotopic (exact) mass is 323 g/mol. The van der Waals surface area contributed by atoms with Gasteiger partial charge >= 0.3 is 0 Å². The van der Waals surface area contributed by atoms with Crippen molar-refractivity contribution in [2.75, 3.05) is 13.7 Å². The van der Waals surface area contributed by atoms with E-state index in [1.54, 1.807) is 24.1 Å². The van der Waals surface area contributed by atoms with Crippen molar-refractivity contribution in [3.8, 4) is 11.8 Å². The lowest BCUT2D eigenvalue weighted by molar-refractivity contribution is 0.0753. The van der Waals surface area contributed by atoms with Gasteiger partial charge < -0.3 is 14.4 Å². The minimum absolute atomic E-state index is 0.0637. The summed E-state index contributed by atoms with van der Waals surface area (Å²) in [5.74, 6) is 5.84. The van der Waals surface area contributed by atoms with Gasteiger partial charge in [-0.05, 0) is 40.7 Å². The zero-order chi connectivity index (χ0) is 15.2. The summed E-state index contributed by atoms with van der Waals surface area (Å²) in [6.07, 6.45) is 0.463. The molecular weight excluding hydrogens is 310 g/mol. The van der Waals surface area contributed by atoms with Crippen molar-refractivity contribution < 1.29 is 14.3 Å². The highest BCUT2D eigenvalue weighted by atomic mass is 35.5. The van der Waals surface area contributed by atoms with Crippen LogP contribution in [0, 0.1) is 11.8 Å². The average Bonchev–Trinajstić information content (AvgIpc) is 3.07. The standard InChI is InChI=1S/C15H14ClNO3S/c1-17(15(19)13-5-6-14(16)20-13)9-11-8-12(21-10-11)4-2-3-7-18/h5-6,8,10,18H,3,7,9H2,1H3. The molecule has 0 spiro atoms. The molecule has 1 N–H and O–H groups in total. The Morgan fingerprint density at radius 1 is 1.52 bits per heavy atom. The van der Waals surface area contributed by atoms with Crippen LogP contribution in [0.2, 0.25) is 5.22 Å². The Balaban J connectivity index is 1.98. The van der Waals surface area contributed by atoms with E-state index in [9.17, 15) is 4.79 Å². The first-order valence-electron chi connectivity index (χ1n) is 6.28. The summed E-state index contributed by atoms with van der Waals surface area (Å²) in [4.78, 5) is 14.6. The number of rotatable bonds is 4. The molecule has 0 aliphatic heterocycles. The molecule has 0 aliphatic rings. The van der Waals surface area contributed by atoms with Gasteiger partial charge in [0.25, 0.3) is 5.91 Å². The number of aliphatic hydroxyl groups excluding tert-OH is 1. The third kappa shape index (κ3) is 4.36. The maximum Gasteiger partial charge on any atom is 0.289 e. The molecule has 0 saturated heterocycles. The lowest BCUT2D eigenvalue weighted by Crippen LogP contribution is -2.25. The van der Waals surface area contributed by atoms with Gasteiger partial charge in [0.15, 0.2) is 11.0 Å². The molecule has 4 nitrogen and oxygen atoms in total. The summed E-state index contributed by atoms with van der Waals surface area (Å²) in [6.45, 7) is 0.531. The van der Waals surface area contributed by atoms with Crippen molar-refractivity contribution in [1.82, 2.24) is 4.90 Å². The van der Waals surface area contributed by atoms with Gasteiger partial charge in [-0.2, -0.15) is 0 Å². The van der Waals surface area contributed by atoms with E-state index >= 15 is 0 Å². The molecule has 2 heterocycles. The van der Waals surface area contributed by atoms with E-state index in [4.69, 9.17) is 21.1 Å². The average molecular weight is 324 g/mol. The van der Waals surface area contributed by atoms with Crippen LogP contribution in [0.4, 0.5) is 0 Å². The minimum Gasteiger partial charge on any atom is -0.440 e. The third-order valence-corrected chi connectivity index (χ3v) is 3.75. The molecule has 2 rings (SSSR count). The Labute approximate surface area is 131 Å². The van der Waals surface area contributed by atoms with E-state index in [2.05, 4.69) is 11.8 Å². The first kappa shape index (κ1) is 15.6. The molecule has 0 aliphatic carbocycles. The Bertz CT molecular complexity index is 680. The van der Waals surface area contributed by atoms with Crippen LogP contribution in [-0.2, 0) is 6.54 Å². The van der Waals surface area contributed by atoms with Crippen molar-refractivity contribution in [3.63, 3.8) is 0 Å². The highest BCUT2D eigenvalue weighted by Gasteiger charge is 2.16. The van der Waals surface area contributed by atoms with Crippen LogP contribution in [0.5, 0.6) is 0 Å². The van der Waals surface area contributed by atoms with Crippen molar-refractivity contribution in [2.45, 2.75) is 13.0 Å². The first-order valence-corrected chi connectivity index (χ1v) is 7.54. The second kappa shape index (κ2) is 7.32. The number of amides is 1. The van der Waals surface area contributed by atoms with Crippen molar-refractivity contribution in [1.29, 1.82) is 0 Å². The highest BCUT2D eigenvalue weighted by molar-refractivity contribution is 7.10. The second-order valence-corrected chi connectivity index (χ2v) is 5.64. The van der Waals surface area contributed by atoms with E-state index in [-0.39, 0.29) is 23.5 Å². The number of nitrogens with zero attached hydrogens (tertiary/aromatic N) is 1. The van der Waals surface area contributed by atoms with E-state index in [0.29, 0.717) is 13.0 Å². The summed E-state index contributed by atoms with van der Waals surface area (Å²) in [5, 5.41) is 10.8. The Morgan fingerprint density at radius 2 is 2.33 bits per heavy atom. The number of hydrogen-bond donors (Lipinski definition) is 1. The fourth-order valence-electron chi connectivity index (χ4n) is 1.69. The number of halogens is 1. The van der Waals surface area contributed by atoms with Crippen LogP contribution in [0.25, 0.3) is 0 Å². The summed E-state index contributed by atoms with van der Waals surface area (Å²) < 4.78 is 5.11. The first-order chi connectivity index (χ1) is 10.1. The van der Waals surface area contributed by atoms with E-state index in [0.717, 1.165) is 10.4 Å². The normalized spacial score (nSPS) is 10.0. The van der Waals surface area contributed by atoms with Gasteiger partial charge in [-0.15, -0.1) is 11.3 Å². The minimum atomic E-state index is -0.221. The second-order valence-electron chi connectivity index (χ2n) is 4.36. The maximum absolute atomic E-state index is 12.1. The molecule has 0 saturated carbocycles. The molecular formula is C15H14ClNO3S. The topological polar surface area (TPSA) is 53.7 Å². The van der Waals surface area contributed by atoms with Crippen LogP contribution in [-0.4, -0.2) is 29.6 Å². The zero-order valence-electron chi connectivity index (χ0n) is 11.4. The van der Waals surface area contributed by atoms with Crippen molar-refractivity contribution in [2.24, 2.45) is 0 Å². The predicted molar refractivity (Wildman–Crippen MR) is 82.4 cm³/mol. The fraction of sp³-hybridized carbons (Fsp3) is 0.267. The summed E-state index contributed by atoms with van der Waals surface area (Å²) in [5.41, 5.74) is 1.00. The van der Waals surface area contributed by atoms with Gasteiger partial charge in [0.2, 0.25) is 0 Å². The molecule has 0 fully saturated rings. The smallest absolute Gasteiger partial charge is 0.289 e. The third-order valence-electron chi connectivity index (χ3n) is 2.65.